The normalized spacial score (nSPS) is 18.1. The molecule has 0 fully saturated rings. The summed E-state index contributed by atoms with van der Waals surface area (Å²) in [5.74, 6) is -6.89. The van der Waals surface area contributed by atoms with E-state index in [1.54, 1.807) is 26.8 Å². The highest BCUT2D eigenvalue weighted by Crippen LogP contribution is 2.36. The molecule has 0 aliphatic heterocycles. The molecule has 0 saturated heterocycles. The van der Waals surface area contributed by atoms with Crippen LogP contribution in [0.25, 0.3) is 5.57 Å². The number of esters is 1. The van der Waals surface area contributed by atoms with E-state index >= 15 is 0 Å². The molecule has 0 aromatic heterocycles. The number of ether oxygens (including phenoxy) is 2. The zero-order valence-electron chi connectivity index (χ0n) is 21.4. The number of nitrogens with one attached hydrogen (secondary N) is 1. The number of benzene rings is 1. The van der Waals surface area contributed by atoms with E-state index < -0.39 is 54.9 Å². The average Bonchev–Trinajstić information content (AvgIpc) is 2.75. The van der Waals surface area contributed by atoms with Crippen LogP contribution in [0, 0.1) is 5.92 Å². The van der Waals surface area contributed by atoms with Gasteiger partial charge in [-0.05, 0) is 62.8 Å². The molecule has 1 aromatic carbocycles. The van der Waals surface area contributed by atoms with Crippen molar-refractivity contribution in [1.82, 2.24) is 5.32 Å². The second-order valence-corrected chi connectivity index (χ2v) is 10.6. The summed E-state index contributed by atoms with van der Waals surface area (Å²) < 4.78 is 72.4. The first-order valence-corrected chi connectivity index (χ1v) is 12.2. The minimum Gasteiger partial charge on any atom is -0.457 e. The Hall–Kier alpha value is -2.66. The smallest absolute Gasteiger partial charge is 0.456 e. The monoisotopic (exact) mass is 567 g/mol. The lowest BCUT2D eigenvalue weighted by Gasteiger charge is -2.28. The van der Waals surface area contributed by atoms with Crippen LogP contribution in [-0.2, 0) is 14.3 Å². The maximum atomic E-state index is 13.1. The summed E-state index contributed by atoms with van der Waals surface area (Å²) in [7, 11) is 0. The van der Waals surface area contributed by atoms with E-state index in [9.17, 15) is 36.6 Å². The summed E-state index contributed by atoms with van der Waals surface area (Å²) >= 11 is 6.09. The van der Waals surface area contributed by atoms with Gasteiger partial charge in [0.15, 0.2) is 12.7 Å². The van der Waals surface area contributed by atoms with Crippen molar-refractivity contribution in [2.45, 2.75) is 76.8 Å². The van der Waals surface area contributed by atoms with Crippen molar-refractivity contribution in [1.29, 1.82) is 0 Å². The van der Waals surface area contributed by atoms with Crippen LogP contribution in [0.15, 0.2) is 42.0 Å². The van der Waals surface area contributed by atoms with Crippen LogP contribution >= 0.6 is 11.6 Å². The molecular weight excluding hydrogens is 537 g/mol. The number of hydrogen-bond donors (Lipinski definition) is 2. The predicted molar refractivity (Wildman–Crippen MR) is 132 cm³/mol. The third-order valence-electron chi connectivity index (χ3n) is 5.58. The molecule has 12 heteroatoms. The van der Waals surface area contributed by atoms with Crippen LogP contribution < -0.4 is 5.32 Å². The number of amides is 1. The van der Waals surface area contributed by atoms with Gasteiger partial charge in [0.2, 0.25) is 0 Å². The maximum Gasteiger partial charge on any atom is 0.456 e. The first-order valence-electron chi connectivity index (χ1n) is 11.8. The Balaban J connectivity index is 2.16. The summed E-state index contributed by atoms with van der Waals surface area (Å²) in [5.41, 5.74) is 1.95. The molecule has 3 atom stereocenters. The number of aliphatic hydroxyl groups is 1. The third-order valence-corrected chi connectivity index (χ3v) is 5.81. The van der Waals surface area contributed by atoms with E-state index in [0.717, 1.165) is 16.7 Å². The van der Waals surface area contributed by atoms with Gasteiger partial charge in [-0.15, -0.1) is 0 Å². The second kappa shape index (κ2) is 12.5. The zero-order valence-corrected chi connectivity index (χ0v) is 22.1. The number of alkyl carbamates (subject to hydrolysis) is 1. The van der Waals surface area contributed by atoms with Crippen LogP contribution in [0.2, 0.25) is 5.02 Å². The van der Waals surface area contributed by atoms with Gasteiger partial charge < -0.3 is 19.9 Å². The van der Waals surface area contributed by atoms with E-state index in [0.29, 0.717) is 11.4 Å². The molecule has 1 amide bonds. The van der Waals surface area contributed by atoms with Crippen LogP contribution in [-0.4, -0.2) is 53.6 Å². The first kappa shape index (κ1) is 31.6. The molecule has 1 aromatic rings. The lowest BCUT2D eigenvalue weighted by Crippen LogP contribution is -2.44. The number of allylic oxidation sites excluding steroid dienone is 3. The minimum absolute atomic E-state index is 0.0510. The van der Waals surface area contributed by atoms with Gasteiger partial charge in [0, 0.05) is 17.5 Å². The van der Waals surface area contributed by atoms with Crippen LogP contribution in [0.4, 0.5) is 26.7 Å². The second-order valence-electron chi connectivity index (χ2n) is 10.2. The summed E-state index contributed by atoms with van der Waals surface area (Å²) in [5, 5.41) is 13.3. The molecule has 0 bridgehead atoms. The maximum absolute atomic E-state index is 13.1. The van der Waals surface area contributed by atoms with Crippen molar-refractivity contribution in [3.8, 4) is 0 Å². The first-order chi connectivity index (χ1) is 17.4. The average molecular weight is 568 g/mol. The predicted octanol–water partition coefficient (Wildman–Crippen LogP) is 6.46. The van der Waals surface area contributed by atoms with Gasteiger partial charge >= 0.3 is 24.2 Å². The van der Waals surface area contributed by atoms with Gasteiger partial charge in [-0.1, -0.05) is 48.4 Å². The van der Waals surface area contributed by atoms with Crippen molar-refractivity contribution in [3.05, 3.63) is 52.6 Å². The Morgan fingerprint density at radius 1 is 1.16 bits per heavy atom. The van der Waals surface area contributed by atoms with Gasteiger partial charge in [-0.25, -0.2) is 9.59 Å². The van der Waals surface area contributed by atoms with Crippen LogP contribution in [0.1, 0.15) is 52.5 Å². The summed E-state index contributed by atoms with van der Waals surface area (Å²) in [6.07, 6.45) is -4.93. The summed E-state index contributed by atoms with van der Waals surface area (Å²) in [6, 6.07) is 6.42. The highest BCUT2D eigenvalue weighted by atomic mass is 35.5. The van der Waals surface area contributed by atoms with Crippen molar-refractivity contribution >= 4 is 29.2 Å². The number of aliphatic hydroxyl groups excluding tert-OH is 1. The number of carbonyl (C=O) groups is 2. The molecule has 0 spiro atoms. The topological polar surface area (TPSA) is 84.9 Å². The fourth-order valence-corrected chi connectivity index (χ4v) is 4.02. The standard InChI is InChI=1S/C26H31ClF5NO5/c1-15-10-16(8-9-20(15)17-6-5-7-18(27)12-17)11-19(33-23(36)38-24(2,3)4)13-21(34)22(35)37-14-25(28,29)26(30,31)32/h5-9,12,15,19,21,34H,10-11,13-14H2,1-4H3,(H,33,36)/t15?,19-,21-/m1/s1. The largest absolute Gasteiger partial charge is 0.457 e. The number of halogens is 6. The van der Waals surface area contributed by atoms with E-state index in [-0.39, 0.29) is 12.3 Å². The van der Waals surface area contributed by atoms with Crippen molar-refractivity contribution in [3.63, 3.8) is 0 Å². The van der Waals surface area contributed by atoms with Crippen molar-refractivity contribution in [2.75, 3.05) is 6.61 Å². The Morgan fingerprint density at radius 3 is 2.37 bits per heavy atom. The highest BCUT2D eigenvalue weighted by Gasteiger charge is 2.58. The third kappa shape index (κ3) is 9.58. The fraction of sp³-hybridized carbons (Fsp3) is 0.538. The molecule has 6 nitrogen and oxygen atoms in total. The molecule has 1 aliphatic carbocycles. The van der Waals surface area contributed by atoms with E-state index in [1.165, 1.54) is 0 Å². The van der Waals surface area contributed by atoms with Gasteiger partial charge in [-0.2, -0.15) is 22.0 Å². The number of carbonyl (C=O) groups excluding carboxylic acids is 2. The van der Waals surface area contributed by atoms with E-state index in [2.05, 4.69) is 10.1 Å². The van der Waals surface area contributed by atoms with Crippen molar-refractivity contribution < 1.29 is 46.1 Å². The SMILES string of the molecule is CC1CC(C[C@H](C[C@@H](O)C(=O)OCC(F)(F)C(F)(F)F)NC(=O)OC(C)(C)C)=CC=C1c1cccc(Cl)c1. The molecule has 2 rings (SSSR count). The van der Waals surface area contributed by atoms with Crippen LogP contribution in [0.3, 0.4) is 0 Å². The zero-order chi connectivity index (χ0) is 28.9. The number of rotatable bonds is 9. The Bertz CT molecular complexity index is 1060. The molecule has 0 heterocycles. The van der Waals surface area contributed by atoms with E-state index in [4.69, 9.17) is 16.3 Å². The van der Waals surface area contributed by atoms with Crippen molar-refractivity contribution in [2.24, 2.45) is 5.92 Å². The molecule has 212 valence electrons. The number of alkyl halides is 5. The minimum atomic E-state index is -5.92. The quantitative estimate of drug-likeness (QED) is 0.264. The highest BCUT2D eigenvalue weighted by molar-refractivity contribution is 6.30. The lowest BCUT2D eigenvalue weighted by molar-refractivity contribution is -0.294. The Labute approximate surface area is 222 Å². The molecule has 38 heavy (non-hydrogen) atoms. The summed E-state index contributed by atoms with van der Waals surface area (Å²) in [4.78, 5) is 24.4. The molecule has 1 aliphatic rings. The molecule has 0 radical (unpaired) electrons. The Kier molecular flexibility index (Phi) is 10.4. The molecule has 2 N–H and O–H groups in total. The van der Waals surface area contributed by atoms with Gasteiger partial charge in [-0.3, -0.25) is 0 Å². The number of hydrogen-bond acceptors (Lipinski definition) is 5. The molecule has 0 saturated carbocycles. The Morgan fingerprint density at radius 2 is 1.82 bits per heavy atom. The summed E-state index contributed by atoms with van der Waals surface area (Å²) in [6.45, 7) is 4.60. The molecular formula is C26H31ClF5NO5. The van der Waals surface area contributed by atoms with Crippen LogP contribution in [0.5, 0.6) is 0 Å². The lowest BCUT2D eigenvalue weighted by atomic mass is 9.82. The van der Waals surface area contributed by atoms with E-state index in [1.807, 2.05) is 37.3 Å². The van der Waals surface area contributed by atoms with Gasteiger partial charge in [0.25, 0.3) is 0 Å². The fourth-order valence-electron chi connectivity index (χ4n) is 3.83. The van der Waals surface area contributed by atoms with Gasteiger partial charge in [0.1, 0.15) is 5.60 Å². The molecule has 1 unspecified atom stereocenters. The van der Waals surface area contributed by atoms with Gasteiger partial charge in [0.05, 0.1) is 0 Å².